The van der Waals surface area contributed by atoms with Crippen LogP contribution in [-0.4, -0.2) is 33.9 Å². The molecule has 0 saturated carbocycles. The predicted molar refractivity (Wildman–Crippen MR) is 100 cm³/mol. The van der Waals surface area contributed by atoms with Gasteiger partial charge in [0, 0.05) is 41.1 Å². The highest BCUT2D eigenvalue weighted by molar-refractivity contribution is 6.30. The maximum absolute atomic E-state index is 6.01. The number of benzene rings is 1. The minimum atomic E-state index is 0.274. The molecule has 0 aliphatic carbocycles. The van der Waals surface area contributed by atoms with Crippen molar-refractivity contribution in [2.24, 2.45) is 0 Å². The first-order valence-corrected chi connectivity index (χ1v) is 8.98. The standard InChI is InChI=1S/C19H21ClN4O/c1-12-10-17(21-11-16-4-3-9-25-16)24-19(22-12)13(2)18(23-24)14-5-7-15(20)8-6-14/h5-8,10,16,21H,3-4,9,11H2,1-2H3/t16-/m1/s1. The highest BCUT2D eigenvalue weighted by Crippen LogP contribution is 2.28. The number of hydrogen-bond acceptors (Lipinski definition) is 4. The van der Waals surface area contributed by atoms with Crippen LogP contribution in [0.5, 0.6) is 0 Å². The van der Waals surface area contributed by atoms with Gasteiger partial charge in [0.15, 0.2) is 5.65 Å². The third kappa shape index (κ3) is 3.22. The monoisotopic (exact) mass is 356 g/mol. The van der Waals surface area contributed by atoms with E-state index < -0.39 is 0 Å². The largest absolute Gasteiger partial charge is 0.376 e. The lowest BCUT2D eigenvalue weighted by Crippen LogP contribution is -2.20. The summed E-state index contributed by atoms with van der Waals surface area (Å²) >= 11 is 6.01. The molecule has 1 aliphatic heterocycles. The van der Waals surface area contributed by atoms with E-state index in [4.69, 9.17) is 21.4 Å². The summed E-state index contributed by atoms with van der Waals surface area (Å²) in [6.07, 6.45) is 2.52. The molecule has 25 heavy (non-hydrogen) atoms. The van der Waals surface area contributed by atoms with Crippen molar-refractivity contribution in [2.45, 2.75) is 32.8 Å². The van der Waals surface area contributed by atoms with Gasteiger partial charge in [-0.05, 0) is 38.8 Å². The molecule has 3 heterocycles. The van der Waals surface area contributed by atoms with E-state index in [1.807, 2.05) is 41.8 Å². The van der Waals surface area contributed by atoms with E-state index in [0.29, 0.717) is 0 Å². The Morgan fingerprint density at radius 2 is 2.08 bits per heavy atom. The van der Waals surface area contributed by atoms with E-state index in [1.54, 1.807) is 0 Å². The van der Waals surface area contributed by atoms with E-state index in [0.717, 1.165) is 65.0 Å². The fourth-order valence-corrected chi connectivity index (χ4v) is 3.40. The van der Waals surface area contributed by atoms with Gasteiger partial charge in [0.05, 0.1) is 11.8 Å². The van der Waals surface area contributed by atoms with Crippen molar-refractivity contribution in [1.29, 1.82) is 0 Å². The Balaban J connectivity index is 1.73. The summed E-state index contributed by atoms with van der Waals surface area (Å²) < 4.78 is 7.60. The van der Waals surface area contributed by atoms with Crippen LogP contribution in [-0.2, 0) is 4.74 Å². The number of aryl methyl sites for hydroxylation is 2. The number of anilines is 1. The summed E-state index contributed by atoms with van der Waals surface area (Å²) in [6, 6.07) is 9.78. The molecule has 1 fully saturated rings. The molecule has 1 aliphatic rings. The highest BCUT2D eigenvalue weighted by Gasteiger charge is 2.18. The van der Waals surface area contributed by atoms with Crippen LogP contribution in [0, 0.1) is 13.8 Å². The first kappa shape index (κ1) is 16.4. The van der Waals surface area contributed by atoms with Crippen molar-refractivity contribution in [1.82, 2.24) is 14.6 Å². The van der Waals surface area contributed by atoms with Crippen LogP contribution in [0.1, 0.15) is 24.1 Å². The molecule has 1 aromatic carbocycles. The SMILES string of the molecule is Cc1cc(NC[C@H]2CCCO2)n2nc(-c3ccc(Cl)cc3)c(C)c2n1. The minimum Gasteiger partial charge on any atom is -0.376 e. The van der Waals surface area contributed by atoms with Crippen LogP contribution in [0.2, 0.25) is 5.02 Å². The van der Waals surface area contributed by atoms with E-state index in [1.165, 1.54) is 0 Å². The second kappa shape index (κ2) is 6.65. The summed E-state index contributed by atoms with van der Waals surface area (Å²) in [7, 11) is 0. The molecule has 0 spiro atoms. The van der Waals surface area contributed by atoms with Gasteiger partial charge in [0.1, 0.15) is 5.82 Å². The summed E-state index contributed by atoms with van der Waals surface area (Å²) in [4.78, 5) is 4.68. The van der Waals surface area contributed by atoms with Gasteiger partial charge in [-0.2, -0.15) is 9.61 Å². The second-order valence-electron chi connectivity index (χ2n) is 6.51. The van der Waals surface area contributed by atoms with Crippen molar-refractivity contribution in [2.75, 3.05) is 18.5 Å². The number of halogens is 1. The zero-order valence-electron chi connectivity index (χ0n) is 14.4. The van der Waals surface area contributed by atoms with Crippen LogP contribution in [0.3, 0.4) is 0 Å². The fourth-order valence-electron chi connectivity index (χ4n) is 3.28. The molecule has 1 saturated heterocycles. The van der Waals surface area contributed by atoms with Gasteiger partial charge in [-0.15, -0.1) is 0 Å². The molecule has 0 radical (unpaired) electrons. The number of hydrogen-bond donors (Lipinski definition) is 1. The lowest BCUT2D eigenvalue weighted by molar-refractivity contribution is 0.120. The lowest BCUT2D eigenvalue weighted by atomic mass is 10.1. The van der Waals surface area contributed by atoms with Crippen LogP contribution in [0.25, 0.3) is 16.9 Å². The number of fused-ring (bicyclic) bond motifs is 1. The van der Waals surface area contributed by atoms with Gasteiger partial charge in [0.2, 0.25) is 0 Å². The first-order valence-electron chi connectivity index (χ1n) is 8.60. The maximum Gasteiger partial charge on any atom is 0.161 e. The van der Waals surface area contributed by atoms with E-state index in [9.17, 15) is 0 Å². The minimum absolute atomic E-state index is 0.274. The topological polar surface area (TPSA) is 51.5 Å². The molecule has 130 valence electrons. The maximum atomic E-state index is 6.01. The smallest absolute Gasteiger partial charge is 0.161 e. The molecular weight excluding hydrogens is 336 g/mol. The van der Waals surface area contributed by atoms with Crippen molar-refractivity contribution in [3.8, 4) is 11.3 Å². The average molecular weight is 357 g/mol. The zero-order chi connectivity index (χ0) is 17.4. The number of aromatic nitrogens is 3. The van der Waals surface area contributed by atoms with Gasteiger partial charge >= 0.3 is 0 Å². The third-order valence-electron chi connectivity index (χ3n) is 4.60. The molecule has 0 bridgehead atoms. The number of ether oxygens (including phenoxy) is 1. The van der Waals surface area contributed by atoms with Crippen molar-refractivity contribution >= 4 is 23.1 Å². The van der Waals surface area contributed by atoms with Crippen LogP contribution in [0.15, 0.2) is 30.3 Å². The van der Waals surface area contributed by atoms with Crippen LogP contribution < -0.4 is 5.32 Å². The van der Waals surface area contributed by atoms with Crippen LogP contribution in [0.4, 0.5) is 5.82 Å². The normalized spacial score (nSPS) is 17.3. The number of nitrogens with zero attached hydrogens (tertiary/aromatic N) is 3. The van der Waals surface area contributed by atoms with Crippen molar-refractivity contribution in [3.05, 3.63) is 46.6 Å². The molecule has 0 unspecified atom stereocenters. The molecule has 0 amide bonds. The Bertz CT molecular complexity index is 898. The van der Waals surface area contributed by atoms with Crippen molar-refractivity contribution < 1.29 is 4.74 Å². The van der Waals surface area contributed by atoms with Crippen LogP contribution >= 0.6 is 11.6 Å². The number of rotatable bonds is 4. The molecule has 1 N–H and O–H groups in total. The second-order valence-corrected chi connectivity index (χ2v) is 6.95. The predicted octanol–water partition coefficient (Wildman–Crippen LogP) is 4.26. The number of nitrogens with one attached hydrogen (secondary N) is 1. The molecular formula is C19H21ClN4O. The molecule has 4 rings (SSSR count). The Morgan fingerprint density at radius 3 is 2.80 bits per heavy atom. The van der Waals surface area contributed by atoms with Gasteiger partial charge < -0.3 is 10.1 Å². The quantitative estimate of drug-likeness (QED) is 0.759. The van der Waals surface area contributed by atoms with Gasteiger partial charge in [-0.1, -0.05) is 23.7 Å². The molecule has 2 aromatic heterocycles. The molecule has 5 nitrogen and oxygen atoms in total. The van der Waals surface area contributed by atoms with Gasteiger partial charge in [-0.3, -0.25) is 0 Å². The molecule has 3 aromatic rings. The van der Waals surface area contributed by atoms with Gasteiger partial charge in [0.25, 0.3) is 0 Å². The summed E-state index contributed by atoms with van der Waals surface area (Å²) in [5, 5.41) is 9.01. The Kier molecular flexibility index (Phi) is 4.36. The summed E-state index contributed by atoms with van der Waals surface area (Å²) in [5.74, 6) is 0.946. The Morgan fingerprint density at radius 1 is 1.28 bits per heavy atom. The molecule has 6 heteroatoms. The van der Waals surface area contributed by atoms with Crippen molar-refractivity contribution in [3.63, 3.8) is 0 Å². The zero-order valence-corrected chi connectivity index (χ0v) is 15.2. The van der Waals surface area contributed by atoms with Gasteiger partial charge in [-0.25, -0.2) is 4.98 Å². The summed E-state index contributed by atoms with van der Waals surface area (Å²) in [5.41, 5.74) is 4.86. The Hall–Kier alpha value is -2.11. The average Bonchev–Trinajstić information content (AvgIpc) is 3.23. The lowest BCUT2D eigenvalue weighted by Gasteiger charge is -2.13. The summed E-state index contributed by atoms with van der Waals surface area (Å²) in [6.45, 7) is 5.71. The highest BCUT2D eigenvalue weighted by atomic mass is 35.5. The van der Waals surface area contributed by atoms with E-state index >= 15 is 0 Å². The van der Waals surface area contributed by atoms with E-state index in [2.05, 4.69) is 17.2 Å². The van der Waals surface area contributed by atoms with E-state index in [-0.39, 0.29) is 6.10 Å². The first-order chi connectivity index (χ1) is 12.1. The molecule has 1 atom stereocenters. The fraction of sp³-hybridized carbons (Fsp3) is 0.368. The Labute approximate surface area is 152 Å². The third-order valence-corrected chi connectivity index (χ3v) is 4.85.